The molecule has 2 aromatic carbocycles. The number of aryl methyl sites for hydroxylation is 3. The average Bonchev–Trinajstić information content (AvgIpc) is 4.23. The van der Waals surface area contributed by atoms with Crippen molar-refractivity contribution in [2.24, 2.45) is 0 Å². The Morgan fingerprint density at radius 2 is 1.10 bits per heavy atom. The van der Waals surface area contributed by atoms with E-state index in [4.69, 9.17) is 31.8 Å². The molecule has 0 bridgehead atoms. The molecule has 67 heavy (non-hydrogen) atoms. The lowest BCUT2D eigenvalue weighted by atomic mass is 9.97. The third-order valence-corrected chi connectivity index (χ3v) is 14.7. The molecular weight excluding hydrogens is 912 g/mol. The number of fused-ring (bicyclic) bond motifs is 2. The predicted molar refractivity (Wildman–Crippen MR) is 259 cm³/mol. The normalized spacial score (nSPS) is 19.0. The summed E-state index contributed by atoms with van der Waals surface area (Å²) < 4.78 is 56.0. The molecule has 354 valence electrons. The molecule has 6 aromatic rings. The van der Waals surface area contributed by atoms with Gasteiger partial charge in [0.15, 0.2) is 11.3 Å². The molecule has 2 aliphatic carbocycles. The highest BCUT2D eigenvalue weighted by Gasteiger charge is 2.35. The Kier molecular flexibility index (Phi) is 12.6. The lowest BCUT2D eigenvalue weighted by molar-refractivity contribution is 0.0599. The number of nitrogens with one attached hydrogen (secondary N) is 2. The monoisotopic (exact) mass is 968 g/mol. The molecule has 4 aliphatic rings. The summed E-state index contributed by atoms with van der Waals surface area (Å²) in [5.74, 6) is 0.624. The number of sulfonamides is 2. The molecule has 16 nitrogen and oxygen atoms in total. The first kappa shape index (κ1) is 46.5. The van der Waals surface area contributed by atoms with Crippen LogP contribution in [0.4, 0.5) is 11.4 Å². The average molecular weight is 970 g/mol. The Morgan fingerprint density at radius 3 is 1.61 bits per heavy atom. The fourth-order valence-corrected chi connectivity index (χ4v) is 10.9. The van der Waals surface area contributed by atoms with E-state index in [1.54, 1.807) is 45.8 Å². The van der Waals surface area contributed by atoms with E-state index in [1.165, 1.54) is 12.8 Å². The van der Waals surface area contributed by atoms with Crippen molar-refractivity contribution in [3.63, 3.8) is 0 Å². The van der Waals surface area contributed by atoms with Gasteiger partial charge in [-0.25, -0.2) is 35.8 Å². The molecule has 2 aliphatic heterocycles. The number of hydrogen-bond donors (Lipinski definition) is 2. The highest BCUT2D eigenvalue weighted by Crippen LogP contribution is 2.43. The van der Waals surface area contributed by atoms with Gasteiger partial charge in [-0.2, -0.15) is 10.2 Å². The van der Waals surface area contributed by atoms with Gasteiger partial charge in [0.25, 0.3) is 11.8 Å². The van der Waals surface area contributed by atoms with E-state index < -0.39 is 20.0 Å². The van der Waals surface area contributed by atoms with Crippen molar-refractivity contribution < 1.29 is 26.4 Å². The molecule has 2 atom stereocenters. The van der Waals surface area contributed by atoms with Crippen molar-refractivity contribution in [2.75, 3.05) is 35.0 Å². The maximum absolute atomic E-state index is 13.7. The number of carbonyl (C=O) groups excluding carboxylic acids is 2. The predicted octanol–water partition coefficient (Wildman–Crippen LogP) is 8.58. The second-order valence-electron chi connectivity index (χ2n) is 18.8. The Morgan fingerprint density at radius 1 is 0.627 bits per heavy atom. The van der Waals surface area contributed by atoms with E-state index >= 15 is 0 Å². The summed E-state index contributed by atoms with van der Waals surface area (Å²) in [7, 11) is -7.05. The first-order chi connectivity index (χ1) is 31.8. The minimum atomic E-state index is -3.53. The summed E-state index contributed by atoms with van der Waals surface area (Å²) in [4.78, 5) is 40.8. The van der Waals surface area contributed by atoms with Gasteiger partial charge in [0, 0.05) is 48.8 Å². The summed E-state index contributed by atoms with van der Waals surface area (Å²) in [6.45, 7) is 8.99. The number of likely N-dealkylation sites (tertiary alicyclic amines) is 2. The van der Waals surface area contributed by atoms with Crippen LogP contribution in [0.1, 0.15) is 154 Å². The molecule has 2 N–H and O–H groups in total. The fraction of sp³-hybridized carbons (Fsp3) is 0.458. The first-order valence-electron chi connectivity index (χ1n) is 23.0. The zero-order chi connectivity index (χ0) is 47.5. The van der Waals surface area contributed by atoms with Gasteiger partial charge in [0.05, 0.1) is 69.9 Å². The second-order valence-corrected chi connectivity index (χ2v) is 22.7. The van der Waals surface area contributed by atoms with E-state index in [0.717, 1.165) is 115 Å². The molecule has 0 spiro atoms. The Bertz CT molecular complexity index is 3160. The maximum atomic E-state index is 13.7. The van der Waals surface area contributed by atoms with Gasteiger partial charge in [-0.1, -0.05) is 34.9 Å². The highest BCUT2D eigenvalue weighted by atomic mass is 35.5. The SMILES string of the molecule is Cc1ccc(NS(C)(=O)=O)c(C(=O)N2CCCC[C@H]2c2cc3nc(C4CC4)c(C)c(Cl)n3n2)c1.Cc1ccc(NS(C)(=O)=O)c(C(=O)N2CCCC[C@H]2c2cc3nc(C4CC4)c(C)cn3n2)c1. The lowest BCUT2D eigenvalue weighted by Crippen LogP contribution is -2.39. The van der Waals surface area contributed by atoms with Crippen LogP contribution in [0, 0.1) is 27.7 Å². The molecule has 10 rings (SSSR count). The van der Waals surface area contributed by atoms with E-state index in [9.17, 15) is 26.4 Å². The van der Waals surface area contributed by atoms with Crippen LogP contribution >= 0.6 is 11.6 Å². The lowest BCUT2D eigenvalue weighted by Gasteiger charge is -2.35. The minimum Gasteiger partial charge on any atom is -0.330 e. The van der Waals surface area contributed by atoms with Crippen molar-refractivity contribution in [3.05, 3.63) is 116 Å². The summed E-state index contributed by atoms with van der Waals surface area (Å²) in [6.07, 6.45) is 14.2. The van der Waals surface area contributed by atoms with Crippen LogP contribution in [0.3, 0.4) is 0 Å². The molecule has 6 heterocycles. The Labute approximate surface area is 396 Å². The summed E-state index contributed by atoms with van der Waals surface area (Å²) in [6, 6.07) is 13.9. The third kappa shape index (κ3) is 10.2. The second kappa shape index (κ2) is 18.1. The van der Waals surface area contributed by atoms with E-state index in [1.807, 2.05) is 48.5 Å². The van der Waals surface area contributed by atoms with Crippen LogP contribution in [0.15, 0.2) is 54.7 Å². The quantitative estimate of drug-likeness (QED) is 0.126. The Balaban J connectivity index is 0.000000168. The molecule has 19 heteroatoms. The molecule has 4 fully saturated rings. The molecule has 2 amide bonds. The minimum absolute atomic E-state index is 0.177. The topological polar surface area (TPSA) is 193 Å². The van der Waals surface area contributed by atoms with Crippen LogP contribution in [0.5, 0.6) is 0 Å². The van der Waals surface area contributed by atoms with E-state index in [2.05, 4.69) is 16.4 Å². The van der Waals surface area contributed by atoms with Crippen LogP contribution < -0.4 is 9.44 Å². The first-order valence-corrected chi connectivity index (χ1v) is 27.2. The number of anilines is 2. The standard InChI is InChI=1S/C24H28ClN5O3S.C24H29N5O3S/c1-14-7-10-18(28-34(3,32)33)17(12-14)24(31)29-11-5-4-6-20(29)19-13-21-26-22(16-8-9-16)15(2)23(25)30(21)27-19;1-15-7-10-19(27-33(3,31)32)18(12-15)24(30)28-11-5-4-6-21(28)20-13-22-25-23(17-8-9-17)16(2)14-29(22)26-20/h7,10,12-13,16,20,28H,4-6,8-9,11H2,1-3H3;7,10,12-14,17,21,27H,4-6,8-9,11H2,1-3H3/t20-;21-/m00/s1. The van der Waals surface area contributed by atoms with E-state index in [0.29, 0.717) is 52.5 Å². The molecule has 2 saturated heterocycles. The van der Waals surface area contributed by atoms with Crippen molar-refractivity contribution in [1.82, 2.24) is 39.0 Å². The Hall–Kier alpha value is -5.59. The van der Waals surface area contributed by atoms with Crippen LogP contribution in [-0.4, -0.2) is 93.2 Å². The van der Waals surface area contributed by atoms with Gasteiger partial charge in [-0.15, -0.1) is 0 Å². The van der Waals surface area contributed by atoms with Crippen LogP contribution in [0.2, 0.25) is 5.15 Å². The number of hydrogen-bond acceptors (Lipinski definition) is 10. The molecular formula is C48H57ClN10O6S2. The van der Waals surface area contributed by atoms with Gasteiger partial charge in [-0.3, -0.25) is 19.0 Å². The maximum Gasteiger partial charge on any atom is 0.256 e. The largest absolute Gasteiger partial charge is 0.330 e. The highest BCUT2D eigenvalue weighted by molar-refractivity contribution is 7.92. The number of benzene rings is 2. The van der Waals surface area contributed by atoms with Crippen molar-refractivity contribution in [2.45, 2.75) is 116 Å². The number of halogens is 1. The van der Waals surface area contributed by atoms with Gasteiger partial charge < -0.3 is 9.80 Å². The third-order valence-electron chi connectivity index (χ3n) is 13.1. The van der Waals surface area contributed by atoms with Crippen molar-refractivity contribution in [3.8, 4) is 0 Å². The van der Waals surface area contributed by atoms with Crippen molar-refractivity contribution >= 4 is 66.1 Å². The molecule has 2 saturated carbocycles. The summed E-state index contributed by atoms with van der Waals surface area (Å²) >= 11 is 6.66. The number of carbonyl (C=O) groups is 2. The smallest absolute Gasteiger partial charge is 0.256 e. The number of aromatic nitrogens is 6. The fourth-order valence-electron chi connectivity index (χ4n) is 9.50. The van der Waals surface area contributed by atoms with Gasteiger partial charge in [-0.05, 0) is 122 Å². The molecule has 0 radical (unpaired) electrons. The van der Waals surface area contributed by atoms with Crippen LogP contribution in [0.25, 0.3) is 11.3 Å². The van der Waals surface area contributed by atoms with Crippen LogP contribution in [-0.2, 0) is 20.0 Å². The van der Waals surface area contributed by atoms with Gasteiger partial charge in [0.2, 0.25) is 20.0 Å². The summed E-state index contributed by atoms with van der Waals surface area (Å²) in [5.41, 5.74) is 10.4. The number of nitrogens with zero attached hydrogens (tertiary/aromatic N) is 8. The number of amides is 2. The zero-order valence-electron chi connectivity index (χ0n) is 38.7. The number of piperidine rings is 2. The van der Waals surface area contributed by atoms with Gasteiger partial charge >= 0.3 is 0 Å². The summed E-state index contributed by atoms with van der Waals surface area (Å²) in [5, 5.41) is 10.1. The molecule has 0 unspecified atom stereocenters. The zero-order valence-corrected chi connectivity index (χ0v) is 41.1. The van der Waals surface area contributed by atoms with Crippen molar-refractivity contribution in [1.29, 1.82) is 0 Å². The van der Waals surface area contributed by atoms with E-state index in [-0.39, 0.29) is 29.6 Å². The molecule has 4 aromatic heterocycles. The number of rotatable bonds is 10. The van der Waals surface area contributed by atoms with Gasteiger partial charge in [0.1, 0.15) is 5.15 Å².